The van der Waals surface area contributed by atoms with Crippen LogP contribution in [0, 0.1) is 5.41 Å². The second-order valence-corrected chi connectivity index (χ2v) is 6.51. The van der Waals surface area contributed by atoms with E-state index < -0.39 is 0 Å². The van der Waals surface area contributed by atoms with Gasteiger partial charge in [0.15, 0.2) is 0 Å². The summed E-state index contributed by atoms with van der Waals surface area (Å²) in [7, 11) is 1.70. The SMILES string of the molecule is COc1cccc(NC2(CN)CCC(C)(C)CC2)c1. The van der Waals surface area contributed by atoms with Gasteiger partial charge in [-0.25, -0.2) is 0 Å². The highest BCUT2D eigenvalue weighted by Gasteiger charge is 2.37. The lowest BCUT2D eigenvalue weighted by molar-refractivity contribution is 0.182. The molecule has 1 aromatic carbocycles. The van der Waals surface area contributed by atoms with Crippen LogP contribution in [-0.4, -0.2) is 19.2 Å². The largest absolute Gasteiger partial charge is 0.497 e. The quantitative estimate of drug-likeness (QED) is 0.874. The molecular formula is C16H26N2O. The molecule has 3 N–H and O–H groups in total. The molecule has 0 amide bonds. The van der Waals surface area contributed by atoms with E-state index in [1.807, 2.05) is 18.2 Å². The van der Waals surface area contributed by atoms with Crippen molar-refractivity contribution >= 4 is 5.69 Å². The molecule has 1 saturated carbocycles. The number of hydrogen-bond donors (Lipinski definition) is 2. The molecule has 106 valence electrons. The van der Waals surface area contributed by atoms with Crippen molar-refractivity contribution in [1.82, 2.24) is 0 Å². The van der Waals surface area contributed by atoms with E-state index in [4.69, 9.17) is 10.5 Å². The van der Waals surface area contributed by atoms with Crippen molar-refractivity contribution in [3.8, 4) is 5.75 Å². The van der Waals surface area contributed by atoms with Gasteiger partial charge in [0, 0.05) is 23.8 Å². The minimum absolute atomic E-state index is 0.0435. The Morgan fingerprint density at radius 3 is 2.47 bits per heavy atom. The van der Waals surface area contributed by atoms with E-state index in [-0.39, 0.29) is 5.54 Å². The van der Waals surface area contributed by atoms with Gasteiger partial charge in [-0.2, -0.15) is 0 Å². The molecule has 0 atom stereocenters. The van der Waals surface area contributed by atoms with Crippen LogP contribution < -0.4 is 15.8 Å². The minimum Gasteiger partial charge on any atom is -0.497 e. The molecule has 2 rings (SSSR count). The van der Waals surface area contributed by atoms with Crippen molar-refractivity contribution in [3.05, 3.63) is 24.3 Å². The van der Waals surface area contributed by atoms with Crippen molar-refractivity contribution in [1.29, 1.82) is 0 Å². The highest BCUT2D eigenvalue weighted by molar-refractivity contribution is 5.50. The second-order valence-electron chi connectivity index (χ2n) is 6.51. The third-order valence-electron chi connectivity index (χ3n) is 4.43. The van der Waals surface area contributed by atoms with Gasteiger partial charge in [-0.1, -0.05) is 19.9 Å². The van der Waals surface area contributed by atoms with Gasteiger partial charge in [0.25, 0.3) is 0 Å². The number of ether oxygens (including phenoxy) is 1. The number of benzene rings is 1. The highest BCUT2D eigenvalue weighted by atomic mass is 16.5. The van der Waals surface area contributed by atoms with E-state index >= 15 is 0 Å². The Morgan fingerprint density at radius 2 is 1.89 bits per heavy atom. The maximum Gasteiger partial charge on any atom is 0.120 e. The molecule has 1 aliphatic carbocycles. The molecule has 0 radical (unpaired) electrons. The molecule has 0 unspecified atom stereocenters. The predicted octanol–water partition coefficient (Wildman–Crippen LogP) is 3.40. The van der Waals surface area contributed by atoms with Crippen molar-refractivity contribution in [2.45, 2.75) is 45.1 Å². The summed E-state index contributed by atoms with van der Waals surface area (Å²) >= 11 is 0. The molecule has 0 saturated heterocycles. The molecule has 1 aromatic rings. The third kappa shape index (κ3) is 3.41. The lowest BCUT2D eigenvalue weighted by Crippen LogP contribution is -2.49. The Bertz CT molecular complexity index is 419. The Balaban J connectivity index is 2.10. The van der Waals surface area contributed by atoms with E-state index in [1.54, 1.807) is 7.11 Å². The summed E-state index contributed by atoms with van der Waals surface area (Å²) in [5.74, 6) is 0.883. The molecule has 3 heteroatoms. The van der Waals surface area contributed by atoms with Crippen molar-refractivity contribution < 1.29 is 4.74 Å². The molecule has 3 nitrogen and oxygen atoms in total. The van der Waals surface area contributed by atoms with Crippen LogP contribution in [0.1, 0.15) is 39.5 Å². The average Bonchev–Trinajstić information content (AvgIpc) is 2.42. The first-order chi connectivity index (χ1) is 8.99. The van der Waals surface area contributed by atoms with E-state index in [9.17, 15) is 0 Å². The standard InChI is InChI=1S/C16H26N2O/c1-15(2)7-9-16(12-17,10-8-15)18-13-5-4-6-14(11-13)19-3/h4-6,11,18H,7-10,12,17H2,1-3H3. The van der Waals surface area contributed by atoms with Gasteiger partial charge in [0.05, 0.1) is 7.11 Å². The van der Waals surface area contributed by atoms with Crippen LogP contribution in [0.3, 0.4) is 0 Å². The van der Waals surface area contributed by atoms with Gasteiger partial charge in [0.2, 0.25) is 0 Å². The third-order valence-corrected chi connectivity index (χ3v) is 4.43. The van der Waals surface area contributed by atoms with Crippen molar-refractivity contribution in [2.75, 3.05) is 19.0 Å². The normalized spacial score (nSPS) is 20.8. The average molecular weight is 262 g/mol. The molecule has 19 heavy (non-hydrogen) atoms. The topological polar surface area (TPSA) is 47.3 Å². The van der Waals surface area contributed by atoms with Crippen molar-refractivity contribution in [3.63, 3.8) is 0 Å². The predicted molar refractivity (Wildman–Crippen MR) is 80.7 cm³/mol. The van der Waals surface area contributed by atoms with Gasteiger partial charge in [-0.15, -0.1) is 0 Å². The first kappa shape index (κ1) is 14.2. The van der Waals surface area contributed by atoms with Gasteiger partial charge in [0.1, 0.15) is 5.75 Å². The smallest absolute Gasteiger partial charge is 0.120 e. The number of methoxy groups -OCH3 is 1. The monoisotopic (exact) mass is 262 g/mol. The Labute approximate surface area is 116 Å². The molecule has 1 aliphatic rings. The maximum atomic E-state index is 6.05. The fourth-order valence-electron chi connectivity index (χ4n) is 2.79. The number of nitrogens with one attached hydrogen (secondary N) is 1. The number of anilines is 1. The second kappa shape index (κ2) is 5.41. The maximum absolute atomic E-state index is 6.05. The summed E-state index contributed by atoms with van der Waals surface area (Å²) < 4.78 is 5.27. The van der Waals surface area contributed by atoms with Gasteiger partial charge >= 0.3 is 0 Å². The minimum atomic E-state index is 0.0435. The Morgan fingerprint density at radius 1 is 1.21 bits per heavy atom. The first-order valence-electron chi connectivity index (χ1n) is 7.11. The molecule has 0 aromatic heterocycles. The van der Waals surface area contributed by atoms with E-state index in [2.05, 4.69) is 25.2 Å². The van der Waals surface area contributed by atoms with Crippen LogP contribution in [0.25, 0.3) is 0 Å². The van der Waals surface area contributed by atoms with Gasteiger partial charge in [-0.3, -0.25) is 0 Å². The first-order valence-corrected chi connectivity index (χ1v) is 7.11. The summed E-state index contributed by atoms with van der Waals surface area (Å²) in [4.78, 5) is 0. The van der Waals surface area contributed by atoms with Crippen LogP contribution in [0.5, 0.6) is 5.75 Å². The molecule has 1 fully saturated rings. The fraction of sp³-hybridized carbons (Fsp3) is 0.625. The van der Waals surface area contributed by atoms with Crippen LogP contribution in [0.2, 0.25) is 0 Å². The molecule has 0 heterocycles. The molecule has 0 aliphatic heterocycles. The van der Waals surface area contributed by atoms with E-state index in [0.29, 0.717) is 12.0 Å². The zero-order chi connectivity index (χ0) is 13.9. The van der Waals surface area contributed by atoms with E-state index in [0.717, 1.165) is 24.3 Å². The van der Waals surface area contributed by atoms with Crippen LogP contribution in [0.15, 0.2) is 24.3 Å². The highest BCUT2D eigenvalue weighted by Crippen LogP contribution is 2.41. The summed E-state index contributed by atoms with van der Waals surface area (Å²) in [5.41, 5.74) is 7.65. The van der Waals surface area contributed by atoms with Gasteiger partial charge < -0.3 is 15.8 Å². The molecular weight excluding hydrogens is 236 g/mol. The summed E-state index contributed by atoms with van der Waals surface area (Å²) in [6.07, 6.45) is 4.71. The summed E-state index contributed by atoms with van der Waals surface area (Å²) in [6, 6.07) is 8.10. The number of nitrogens with two attached hydrogens (primary N) is 1. The number of hydrogen-bond acceptors (Lipinski definition) is 3. The summed E-state index contributed by atoms with van der Waals surface area (Å²) in [5, 5.41) is 3.65. The fourth-order valence-corrected chi connectivity index (χ4v) is 2.79. The molecule has 0 bridgehead atoms. The summed E-state index contributed by atoms with van der Waals surface area (Å²) in [6.45, 7) is 5.37. The lowest BCUT2D eigenvalue weighted by Gasteiger charge is -2.44. The lowest BCUT2D eigenvalue weighted by atomic mass is 9.69. The van der Waals surface area contributed by atoms with Crippen LogP contribution in [-0.2, 0) is 0 Å². The van der Waals surface area contributed by atoms with Crippen LogP contribution >= 0.6 is 0 Å². The van der Waals surface area contributed by atoms with Gasteiger partial charge in [-0.05, 0) is 43.2 Å². The van der Waals surface area contributed by atoms with E-state index in [1.165, 1.54) is 12.8 Å². The Hall–Kier alpha value is -1.22. The van der Waals surface area contributed by atoms with Crippen LogP contribution in [0.4, 0.5) is 5.69 Å². The Kier molecular flexibility index (Phi) is 4.04. The molecule has 0 spiro atoms. The zero-order valence-electron chi connectivity index (χ0n) is 12.3. The zero-order valence-corrected chi connectivity index (χ0v) is 12.3. The number of rotatable bonds is 4. The van der Waals surface area contributed by atoms with Crippen molar-refractivity contribution in [2.24, 2.45) is 11.1 Å².